The van der Waals surface area contributed by atoms with Crippen LogP contribution in [0.1, 0.15) is 44.0 Å². The fraction of sp³-hybridized carbons (Fsp3) is 0.714. The van der Waals surface area contributed by atoms with Crippen molar-refractivity contribution in [2.75, 3.05) is 17.6 Å². The molecule has 0 spiro atoms. The van der Waals surface area contributed by atoms with Crippen LogP contribution in [0.3, 0.4) is 0 Å². The summed E-state index contributed by atoms with van der Waals surface area (Å²) < 4.78 is 0.990. The molecule has 1 saturated heterocycles. The Morgan fingerprint density at radius 3 is 2.70 bits per heavy atom. The Morgan fingerprint density at radius 1 is 1.30 bits per heavy atom. The molecule has 2 rings (SSSR count). The van der Waals surface area contributed by atoms with Crippen molar-refractivity contribution in [1.29, 1.82) is 0 Å². The Labute approximate surface area is 138 Å². The molecule has 0 bridgehead atoms. The van der Waals surface area contributed by atoms with Crippen LogP contribution < -0.4 is 5.32 Å². The topological polar surface area (TPSA) is 37.8 Å². The van der Waals surface area contributed by atoms with Gasteiger partial charge in [0.25, 0.3) is 0 Å². The van der Waals surface area contributed by atoms with Crippen LogP contribution in [0.25, 0.3) is 0 Å². The highest BCUT2D eigenvalue weighted by Crippen LogP contribution is 2.43. The predicted octanol–water partition coefficient (Wildman–Crippen LogP) is 4.67. The van der Waals surface area contributed by atoms with Crippen LogP contribution in [-0.2, 0) is 0 Å². The molecule has 20 heavy (non-hydrogen) atoms. The number of hydrogen-bond acceptors (Lipinski definition) is 5. The number of thioether (sulfide) groups is 2. The largest absolute Gasteiger partial charge is 0.369 e. The quantitative estimate of drug-likeness (QED) is 0.827. The average molecular weight is 376 g/mol. The number of hydrogen-bond donors (Lipinski definition) is 1. The number of halogens is 1. The summed E-state index contributed by atoms with van der Waals surface area (Å²) in [5, 5.41) is 5.16. The molecular formula is C14H22BrN3S2. The first-order valence-corrected chi connectivity index (χ1v) is 9.86. The van der Waals surface area contributed by atoms with Crippen LogP contribution in [-0.4, -0.2) is 32.8 Å². The van der Waals surface area contributed by atoms with Crippen molar-refractivity contribution in [1.82, 2.24) is 9.97 Å². The number of aryl methyl sites for hydroxylation is 1. The molecule has 3 nitrogen and oxygen atoms in total. The first-order chi connectivity index (χ1) is 9.52. The fourth-order valence-corrected chi connectivity index (χ4v) is 5.17. The van der Waals surface area contributed by atoms with Gasteiger partial charge < -0.3 is 5.32 Å². The van der Waals surface area contributed by atoms with Crippen molar-refractivity contribution in [3.8, 4) is 0 Å². The van der Waals surface area contributed by atoms with E-state index < -0.39 is 0 Å². The Bertz CT molecular complexity index is 470. The highest BCUT2D eigenvalue weighted by molar-refractivity contribution is 9.10. The molecule has 0 aliphatic carbocycles. The second kappa shape index (κ2) is 7.36. The lowest BCUT2D eigenvalue weighted by Crippen LogP contribution is -2.23. The summed E-state index contributed by atoms with van der Waals surface area (Å²) in [5.41, 5.74) is 1.02. The van der Waals surface area contributed by atoms with Gasteiger partial charge in [-0.05, 0) is 29.3 Å². The molecule has 0 radical (unpaired) electrons. The maximum atomic E-state index is 4.75. The van der Waals surface area contributed by atoms with Gasteiger partial charge >= 0.3 is 0 Å². The number of nitrogens with one attached hydrogen (secondary N) is 1. The van der Waals surface area contributed by atoms with Crippen molar-refractivity contribution in [2.24, 2.45) is 0 Å². The molecule has 1 aromatic heterocycles. The molecule has 1 N–H and O–H groups in total. The third kappa shape index (κ3) is 3.83. The third-order valence-electron chi connectivity index (χ3n) is 3.42. The predicted molar refractivity (Wildman–Crippen MR) is 95.0 cm³/mol. The summed E-state index contributed by atoms with van der Waals surface area (Å²) in [6.07, 6.45) is 1.09. The molecule has 1 aliphatic rings. The summed E-state index contributed by atoms with van der Waals surface area (Å²) in [5.74, 6) is 3.01. The third-order valence-corrected chi connectivity index (χ3v) is 7.75. The lowest BCUT2D eigenvalue weighted by molar-refractivity contribution is 0.846. The summed E-state index contributed by atoms with van der Waals surface area (Å²) >= 11 is 7.63. The number of aromatic nitrogens is 2. The van der Waals surface area contributed by atoms with E-state index in [9.17, 15) is 0 Å². The fourth-order valence-electron chi connectivity index (χ4n) is 2.00. The van der Waals surface area contributed by atoms with Gasteiger partial charge in [-0.1, -0.05) is 20.8 Å². The van der Waals surface area contributed by atoms with Gasteiger partial charge in [0.2, 0.25) is 0 Å². The van der Waals surface area contributed by atoms with Crippen LogP contribution in [0.2, 0.25) is 0 Å². The highest BCUT2D eigenvalue weighted by atomic mass is 79.9. The normalized spacial score (nSPS) is 26.6. The minimum Gasteiger partial charge on any atom is -0.369 e. The van der Waals surface area contributed by atoms with E-state index in [4.69, 9.17) is 9.97 Å². The average Bonchev–Trinajstić information content (AvgIpc) is 2.43. The molecule has 0 aromatic carbocycles. The summed E-state index contributed by atoms with van der Waals surface area (Å²) in [6, 6.07) is 0. The van der Waals surface area contributed by atoms with Crippen LogP contribution in [0, 0.1) is 6.92 Å². The Kier molecular flexibility index (Phi) is 6.05. The monoisotopic (exact) mass is 375 g/mol. The molecule has 0 saturated carbocycles. The van der Waals surface area contributed by atoms with Gasteiger partial charge in [-0.15, -0.1) is 11.8 Å². The molecule has 6 heteroatoms. The van der Waals surface area contributed by atoms with E-state index in [0.29, 0.717) is 15.7 Å². The van der Waals surface area contributed by atoms with Gasteiger partial charge in [-0.2, -0.15) is 11.8 Å². The van der Waals surface area contributed by atoms with Gasteiger partial charge in [-0.3, -0.25) is 0 Å². The zero-order valence-electron chi connectivity index (χ0n) is 12.4. The second-order valence-corrected chi connectivity index (χ2v) is 8.91. The molecule has 3 unspecified atom stereocenters. The number of nitrogens with zero attached hydrogens (tertiary/aromatic N) is 2. The van der Waals surface area contributed by atoms with E-state index in [1.54, 1.807) is 0 Å². The minimum absolute atomic E-state index is 0.403. The van der Waals surface area contributed by atoms with Gasteiger partial charge in [0.1, 0.15) is 11.6 Å². The molecule has 3 atom stereocenters. The summed E-state index contributed by atoms with van der Waals surface area (Å²) in [6.45, 7) is 9.75. The zero-order valence-corrected chi connectivity index (χ0v) is 15.7. The van der Waals surface area contributed by atoms with E-state index in [-0.39, 0.29) is 0 Å². The van der Waals surface area contributed by atoms with Crippen molar-refractivity contribution in [3.05, 3.63) is 16.0 Å². The van der Waals surface area contributed by atoms with Crippen molar-refractivity contribution in [2.45, 2.75) is 49.9 Å². The second-order valence-electron chi connectivity index (χ2n) is 5.12. The van der Waals surface area contributed by atoms with E-state index in [0.717, 1.165) is 40.5 Å². The minimum atomic E-state index is 0.403. The van der Waals surface area contributed by atoms with E-state index in [2.05, 4.69) is 42.0 Å². The lowest BCUT2D eigenvalue weighted by atomic mass is 10.3. The van der Waals surface area contributed by atoms with Crippen molar-refractivity contribution < 1.29 is 0 Å². The van der Waals surface area contributed by atoms with Crippen LogP contribution in [0.4, 0.5) is 5.82 Å². The highest BCUT2D eigenvalue weighted by Gasteiger charge is 2.29. The maximum absolute atomic E-state index is 4.75. The SMILES string of the molecule is CCCNc1nc(C2CSC(C)C(C)S2)nc(C)c1Br. The summed E-state index contributed by atoms with van der Waals surface area (Å²) in [7, 11) is 0. The molecule has 0 amide bonds. The molecule has 112 valence electrons. The Hall–Kier alpha value is 0.0600. The van der Waals surface area contributed by atoms with Crippen molar-refractivity contribution >= 4 is 45.3 Å². The number of rotatable bonds is 4. The molecule has 2 heterocycles. The lowest BCUT2D eigenvalue weighted by Gasteiger charge is -2.30. The van der Waals surface area contributed by atoms with Gasteiger partial charge in [0.05, 0.1) is 15.4 Å². The Morgan fingerprint density at radius 2 is 2.05 bits per heavy atom. The van der Waals surface area contributed by atoms with E-state index in [1.807, 2.05) is 30.4 Å². The molecule has 1 aliphatic heterocycles. The van der Waals surface area contributed by atoms with Gasteiger partial charge in [0, 0.05) is 22.8 Å². The zero-order chi connectivity index (χ0) is 14.7. The summed E-state index contributed by atoms with van der Waals surface area (Å²) in [4.78, 5) is 9.44. The molecule has 1 fully saturated rings. The first kappa shape index (κ1) is 16.4. The van der Waals surface area contributed by atoms with Crippen LogP contribution in [0.15, 0.2) is 4.47 Å². The molecular weight excluding hydrogens is 354 g/mol. The maximum Gasteiger partial charge on any atom is 0.144 e. The van der Waals surface area contributed by atoms with Gasteiger partial charge in [-0.25, -0.2) is 9.97 Å². The standard InChI is InChI=1S/C14H22BrN3S2/c1-5-6-16-14-12(15)8(2)17-13(18-14)11-7-19-9(3)10(4)20-11/h9-11H,5-7H2,1-4H3,(H,16,17,18). The van der Waals surface area contributed by atoms with Crippen LogP contribution in [0.5, 0.6) is 0 Å². The van der Waals surface area contributed by atoms with Crippen LogP contribution >= 0.6 is 39.5 Å². The first-order valence-electron chi connectivity index (χ1n) is 7.07. The van der Waals surface area contributed by atoms with Crippen molar-refractivity contribution in [3.63, 3.8) is 0 Å². The Balaban J connectivity index is 2.21. The van der Waals surface area contributed by atoms with E-state index >= 15 is 0 Å². The molecule has 1 aromatic rings. The van der Waals surface area contributed by atoms with Gasteiger partial charge in [0.15, 0.2) is 0 Å². The smallest absolute Gasteiger partial charge is 0.144 e. The number of anilines is 1. The van der Waals surface area contributed by atoms with E-state index in [1.165, 1.54) is 0 Å².